The third-order valence-electron chi connectivity index (χ3n) is 6.70. The van der Waals surface area contributed by atoms with Gasteiger partial charge in [0.25, 0.3) is 0 Å². The van der Waals surface area contributed by atoms with Gasteiger partial charge in [0.05, 0.1) is 28.5 Å². The molecule has 2 aromatic heterocycles. The van der Waals surface area contributed by atoms with E-state index in [0.717, 1.165) is 33.9 Å². The Morgan fingerprint density at radius 1 is 1.08 bits per heavy atom. The Morgan fingerprint density at radius 3 is 2.68 bits per heavy atom. The van der Waals surface area contributed by atoms with Crippen LogP contribution in [0, 0.1) is 13.8 Å². The molecule has 0 unspecified atom stereocenters. The van der Waals surface area contributed by atoms with Gasteiger partial charge >= 0.3 is 0 Å². The van der Waals surface area contributed by atoms with E-state index in [1.807, 2.05) is 85.3 Å². The number of aryl methyl sites for hydroxylation is 2. The molecule has 0 spiro atoms. The summed E-state index contributed by atoms with van der Waals surface area (Å²) in [7, 11) is 0. The van der Waals surface area contributed by atoms with Crippen LogP contribution in [0.1, 0.15) is 41.0 Å². The van der Waals surface area contributed by atoms with Crippen LogP contribution in [0.2, 0.25) is 10.0 Å². The third kappa shape index (κ3) is 5.41. The fraction of sp³-hybridized carbons (Fsp3) is 0.207. The van der Waals surface area contributed by atoms with Gasteiger partial charge in [0, 0.05) is 41.8 Å². The highest BCUT2D eigenvalue weighted by Crippen LogP contribution is 2.40. The zero-order valence-electron chi connectivity index (χ0n) is 21.0. The van der Waals surface area contributed by atoms with Crippen molar-refractivity contribution in [3.05, 3.63) is 112 Å². The van der Waals surface area contributed by atoms with Crippen LogP contribution in [0.15, 0.2) is 79.1 Å². The average Bonchev–Trinajstić information content (AvgIpc) is 3.49. The maximum absolute atomic E-state index is 13.0. The predicted octanol–water partition coefficient (Wildman–Crippen LogP) is 6.80. The lowest BCUT2D eigenvalue weighted by Crippen LogP contribution is -2.33. The molecule has 9 heteroatoms. The maximum atomic E-state index is 13.0. The summed E-state index contributed by atoms with van der Waals surface area (Å²) in [5.41, 5.74) is 5.57. The Labute approximate surface area is 237 Å². The first kappa shape index (κ1) is 26.2. The molecule has 194 valence electrons. The van der Waals surface area contributed by atoms with Crippen LogP contribution in [0.5, 0.6) is 0 Å². The monoisotopic (exact) mass is 563 g/mol. The summed E-state index contributed by atoms with van der Waals surface area (Å²) in [5.74, 6) is -0.0716. The number of hydrogen-bond acceptors (Lipinski definition) is 3. The molecule has 0 saturated carbocycles. The van der Waals surface area contributed by atoms with Gasteiger partial charge < -0.3 is 20.1 Å². The van der Waals surface area contributed by atoms with Crippen molar-refractivity contribution >= 4 is 52.1 Å². The summed E-state index contributed by atoms with van der Waals surface area (Å²) < 4.78 is 2.04. The van der Waals surface area contributed by atoms with E-state index in [0.29, 0.717) is 21.7 Å². The Hall–Kier alpha value is -3.39. The molecule has 0 bridgehead atoms. The molecule has 6 nitrogen and oxygen atoms in total. The van der Waals surface area contributed by atoms with Gasteiger partial charge in [-0.05, 0) is 85.7 Å². The van der Waals surface area contributed by atoms with E-state index < -0.39 is 0 Å². The van der Waals surface area contributed by atoms with E-state index in [2.05, 4.69) is 20.5 Å². The minimum absolute atomic E-state index is 0.0716. The SMILES string of the molecule is Cc1ccc(C)c(NC(=O)CCN2C(=S)N[C@H](c3ccccn3)[C@H]2c2cccn2-c2ccc(Cl)cc2Cl)c1. The molecule has 1 aliphatic heterocycles. The molecule has 2 aromatic carbocycles. The van der Waals surface area contributed by atoms with Crippen LogP contribution < -0.4 is 10.6 Å². The van der Waals surface area contributed by atoms with Gasteiger partial charge in [-0.2, -0.15) is 0 Å². The van der Waals surface area contributed by atoms with Crippen molar-refractivity contribution in [3.8, 4) is 5.69 Å². The normalized spacial score (nSPS) is 16.9. The van der Waals surface area contributed by atoms with Gasteiger partial charge in [-0.15, -0.1) is 0 Å². The first-order valence-electron chi connectivity index (χ1n) is 12.3. The molecular formula is C29H27Cl2N5OS. The van der Waals surface area contributed by atoms with Gasteiger partial charge in [0.15, 0.2) is 5.11 Å². The summed E-state index contributed by atoms with van der Waals surface area (Å²) in [6.07, 6.45) is 4.00. The molecule has 1 fully saturated rings. The first-order chi connectivity index (χ1) is 18.3. The number of amides is 1. The number of thiocarbonyl (C=S) groups is 1. The summed E-state index contributed by atoms with van der Waals surface area (Å²) in [6.45, 7) is 4.42. The van der Waals surface area contributed by atoms with Crippen molar-refractivity contribution in [2.45, 2.75) is 32.4 Å². The van der Waals surface area contributed by atoms with Gasteiger partial charge in [-0.1, -0.05) is 41.4 Å². The van der Waals surface area contributed by atoms with Crippen molar-refractivity contribution in [1.29, 1.82) is 0 Å². The van der Waals surface area contributed by atoms with E-state index in [9.17, 15) is 4.79 Å². The number of nitrogens with one attached hydrogen (secondary N) is 2. The van der Waals surface area contributed by atoms with Gasteiger partial charge in [0.1, 0.15) is 0 Å². The average molecular weight is 565 g/mol. The number of carbonyl (C=O) groups is 1. The molecule has 1 aliphatic rings. The lowest BCUT2D eigenvalue weighted by atomic mass is 10.0. The van der Waals surface area contributed by atoms with E-state index >= 15 is 0 Å². The minimum atomic E-state index is -0.229. The smallest absolute Gasteiger partial charge is 0.226 e. The summed E-state index contributed by atoms with van der Waals surface area (Å²) in [5, 5.41) is 8.18. The number of nitrogens with zero attached hydrogens (tertiary/aromatic N) is 3. The highest BCUT2D eigenvalue weighted by Gasteiger charge is 2.41. The number of pyridine rings is 1. The zero-order valence-corrected chi connectivity index (χ0v) is 23.3. The van der Waals surface area contributed by atoms with Gasteiger partial charge in [-0.25, -0.2) is 0 Å². The fourth-order valence-electron chi connectivity index (χ4n) is 4.80. The molecule has 0 aliphatic carbocycles. The Bertz CT molecular complexity index is 1490. The topological polar surface area (TPSA) is 62.2 Å². The quantitative estimate of drug-likeness (QED) is 0.242. The molecular weight excluding hydrogens is 537 g/mol. The van der Waals surface area contributed by atoms with E-state index in [1.54, 1.807) is 12.3 Å². The van der Waals surface area contributed by atoms with Gasteiger partial charge in [-0.3, -0.25) is 9.78 Å². The second kappa shape index (κ2) is 11.2. The summed E-state index contributed by atoms with van der Waals surface area (Å²) in [6, 6.07) is 20.9. The Balaban J connectivity index is 1.46. The van der Waals surface area contributed by atoms with Crippen LogP contribution in [0.3, 0.4) is 0 Å². The Kier molecular flexibility index (Phi) is 7.70. The van der Waals surface area contributed by atoms with E-state index in [-0.39, 0.29) is 24.4 Å². The molecule has 0 radical (unpaired) electrons. The predicted molar refractivity (Wildman–Crippen MR) is 157 cm³/mol. The number of anilines is 1. The van der Waals surface area contributed by atoms with Crippen molar-refractivity contribution in [2.24, 2.45) is 0 Å². The third-order valence-corrected chi connectivity index (χ3v) is 7.59. The van der Waals surface area contributed by atoms with Crippen molar-refractivity contribution in [2.75, 3.05) is 11.9 Å². The highest BCUT2D eigenvalue weighted by atomic mass is 35.5. The molecule has 4 aromatic rings. The van der Waals surface area contributed by atoms with Crippen molar-refractivity contribution in [3.63, 3.8) is 0 Å². The number of hydrogen-bond donors (Lipinski definition) is 2. The molecule has 1 saturated heterocycles. The zero-order chi connectivity index (χ0) is 26.8. The van der Waals surface area contributed by atoms with Crippen LogP contribution in [0.4, 0.5) is 5.69 Å². The van der Waals surface area contributed by atoms with Crippen LogP contribution in [-0.2, 0) is 4.79 Å². The number of halogens is 2. The second-order valence-corrected chi connectivity index (χ2v) is 10.6. The standard InChI is InChI=1S/C29H27Cl2N5OS/c1-18-8-9-19(2)23(16-18)33-26(37)12-15-36-28(27(34-29(36)38)22-6-3-4-13-32-22)25-7-5-14-35(25)24-11-10-20(30)17-21(24)31/h3-11,13-14,16-17,27-28H,12,15H2,1-2H3,(H,33,37)(H,34,38)/t27-,28-/m1/s1. The molecule has 1 amide bonds. The fourth-order valence-corrected chi connectivity index (χ4v) is 5.64. The maximum Gasteiger partial charge on any atom is 0.226 e. The van der Waals surface area contributed by atoms with Crippen LogP contribution >= 0.6 is 35.4 Å². The molecule has 38 heavy (non-hydrogen) atoms. The second-order valence-electron chi connectivity index (χ2n) is 9.34. The molecule has 3 heterocycles. The molecule has 2 N–H and O–H groups in total. The number of aromatic nitrogens is 2. The Morgan fingerprint density at radius 2 is 1.92 bits per heavy atom. The lowest BCUT2D eigenvalue weighted by Gasteiger charge is -2.29. The summed E-state index contributed by atoms with van der Waals surface area (Å²) >= 11 is 18.6. The number of benzene rings is 2. The van der Waals surface area contributed by atoms with Crippen LogP contribution in [0.25, 0.3) is 5.69 Å². The van der Waals surface area contributed by atoms with Gasteiger partial charge in [0.2, 0.25) is 5.91 Å². The molecule has 2 atom stereocenters. The highest BCUT2D eigenvalue weighted by molar-refractivity contribution is 7.80. The van der Waals surface area contributed by atoms with E-state index in [4.69, 9.17) is 35.4 Å². The van der Waals surface area contributed by atoms with Crippen molar-refractivity contribution in [1.82, 2.24) is 19.8 Å². The van der Waals surface area contributed by atoms with Crippen LogP contribution in [-0.4, -0.2) is 32.0 Å². The number of rotatable bonds is 7. The van der Waals surface area contributed by atoms with E-state index in [1.165, 1.54) is 0 Å². The number of carbonyl (C=O) groups excluding carboxylic acids is 1. The van der Waals surface area contributed by atoms with Crippen molar-refractivity contribution < 1.29 is 4.79 Å². The lowest BCUT2D eigenvalue weighted by molar-refractivity contribution is -0.116. The molecule has 5 rings (SSSR count). The summed E-state index contributed by atoms with van der Waals surface area (Å²) in [4.78, 5) is 19.7. The minimum Gasteiger partial charge on any atom is -0.352 e. The first-order valence-corrected chi connectivity index (χ1v) is 13.5. The largest absolute Gasteiger partial charge is 0.352 e.